The van der Waals surface area contributed by atoms with E-state index in [0.29, 0.717) is 5.69 Å². The maximum atomic E-state index is 13.0. The van der Waals surface area contributed by atoms with E-state index in [4.69, 9.17) is 4.74 Å². The molecule has 0 saturated carbocycles. The summed E-state index contributed by atoms with van der Waals surface area (Å²) in [5, 5.41) is 3.67. The molecular formula is C25H25N3O4S. The molecular weight excluding hydrogens is 438 g/mol. The molecule has 1 atom stereocenters. The minimum absolute atomic E-state index is 0.129. The van der Waals surface area contributed by atoms with Crippen molar-refractivity contribution in [1.82, 2.24) is 9.71 Å². The summed E-state index contributed by atoms with van der Waals surface area (Å²) in [7, 11) is -2.15. The first-order valence-electron chi connectivity index (χ1n) is 10.4. The summed E-state index contributed by atoms with van der Waals surface area (Å²) >= 11 is 0. The van der Waals surface area contributed by atoms with Crippen molar-refractivity contribution >= 4 is 32.5 Å². The number of carbonyl (C=O) groups excluding carboxylic acids is 1. The number of rotatable bonds is 8. The smallest absolute Gasteiger partial charge is 0.240 e. The number of anilines is 1. The zero-order chi connectivity index (χ0) is 23.4. The third-order valence-corrected chi connectivity index (χ3v) is 6.92. The molecule has 0 aliphatic rings. The van der Waals surface area contributed by atoms with Crippen molar-refractivity contribution in [3.05, 3.63) is 90.1 Å². The number of benzene rings is 3. The largest absolute Gasteiger partial charge is 0.497 e. The zero-order valence-corrected chi connectivity index (χ0v) is 19.1. The molecule has 1 unspecified atom stereocenters. The fourth-order valence-corrected chi connectivity index (χ4v) is 4.87. The van der Waals surface area contributed by atoms with Gasteiger partial charge in [-0.15, -0.1) is 0 Å². The van der Waals surface area contributed by atoms with Crippen LogP contribution < -0.4 is 14.8 Å². The number of nitrogens with one attached hydrogen (secondary N) is 3. The van der Waals surface area contributed by atoms with Crippen LogP contribution in [-0.2, 0) is 14.8 Å². The van der Waals surface area contributed by atoms with Crippen molar-refractivity contribution in [2.45, 2.75) is 17.7 Å². The van der Waals surface area contributed by atoms with Gasteiger partial charge in [0.05, 0.1) is 12.0 Å². The number of amides is 1. The highest BCUT2D eigenvalue weighted by Gasteiger charge is 2.22. The highest BCUT2D eigenvalue weighted by Crippen LogP contribution is 2.31. The number of fused-ring (bicyclic) bond motifs is 1. The van der Waals surface area contributed by atoms with Crippen LogP contribution in [-0.4, -0.2) is 33.0 Å². The van der Waals surface area contributed by atoms with Gasteiger partial charge in [0.15, 0.2) is 0 Å². The third-order valence-electron chi connectivity index (χ3n) is 5.48. The Labute approximate surface area is 192 Å². The van der Waals surface area contributed by atoms with E-state index in [1.165, 1.54) is 19.1 Å². The monoisotopic (exact) mass is 463 g/mol. The van der Waals surface area contributed by atoms with Crippen molar-refractivity contribution in [2.24, 2.45) is 0 Å². The Hall–Kier alpha value is -3.62. The molecule has 0 saturated heterocycles. The van der Waals surface area contributed by atoms with E-state index in [-0.39, 0.29) is 23.3 Å². The lowest BCUT2D eigenvalue weighted by Crippen LogP contribution is -2.29. The van der Waals surface area contributed by atoms with Crippen LogP contribution in [0.3, 0.4) is 0 Å². The van der Waals surface area contributed by atoms with Gasteiger partial charge in [-0.1, -0.05) is 30.3 Å². The summed E-state index contributed by atoms with van der Waals surface area (Å²) in [4.78, 5) is 14.6. The first kappa shape index (κ1) is 22.6. The van der Waals surface area contributed by atoms with Crippen LogP contribution in [0.4, 0.5) is 5.69 Å². The second-order valence-corrected chi connectivity index (χ2v) is 9.44. The molecule has 4 rings (SSSR count). The summed E-state index contributed by atoms with van der Waals surface area (Å²) in [6.45, 7) is 1.57. The van der Waals surface area contributed by atoms with E-state index in [9.17, 15) is 13.2 Å². The van der Waals surface area contributed by atoms with Crippen molar-refractivity contribution in [1.29, 1.82) is 0 Å². The minimum atomic E-state index is -3.76. The lowest BCUT2D eigenvalue weighted by atomic mass is 9.91. The lowest BCUT2D eigenvalue weighted by molar-refractivity contribution is -0.114. The molecule has 0 bridgehead atoms. The molecule has 0 aliphatic heterocycles. The van der Waals surface area contributed by atoms with Gasteiger partial charge in [-0.3, -0.25) is 4.79 Å². The maximum Gasteiger partial charge on any atom is 0.240 e. The van der Waals surface area contributed by atoms with Crippen molar-refractivity contribution in [2.75, 3.05) is 19.0 Å². The summed E-state index contributed by atoms with van der Waals surface area (Å²) in [5.41, 5.74) is 3.49. The molecule has 0 radical (unpaired) electrons. The van der Waals surface area contributed by atoms with Crippen LogP contribution in [0.5, 0.6) is 5.75 Å². The molecule has 33 heavy (non-hydrogen) atoms. The number of para-hydroxylation sites is 1. The maximum absolute atomic E-state index is 13.0. The topological polar surface area (TPSA) is 100 Å². The van der Waals surface area contributed by atoms with Crippen LogP contribution in [0, 0.1) is 0 Å². The first-order chi connectivity index (χ1) is 15.9. The molecule has 3 aromatic carbocycles. The highest BCUT2D eigenvalue weighted by atomic mass is 32.2. The SMILES string of the molecule is COc1ccc(C(CNS(=O)(=O)c2ccc(NC(C)=O)cc2)c2c[nH]c3ccccc23)cc1. The van der Waals surface area contributed by atoms with Crippen molar-refractivity contribution < 1.29 is 17.9 Å². The lowest BCUT2D eigenvalue weighted by Gasteiger charge is -2.19. The number of aromatic amines is 1. The standard InChI is InChI=1S/C25H25N3O4S/c1-17(29)28-19-9-13-21(14-10-19)33(30,31)27-16-23(18-7-11-20(32-2)12-8-18)24-15-26-25-6-4-3-5-22(24)25/h3-15,23,26-27H,16H2,1-2H3,(H,28,29). The second kappa shape index (κ2) is 9.48. The number of aromatic nitrogens is 1. The van der Waals surface area contributed by atoms with Crippen LogP contribution in [0.25, 0.3) is 10.9 Å². The van der Waals surface area contributed by atoms with Gasteiger partial charge < -0.3 is 15.0 Å². The number of H-pyrrole nitrogens is 1. The number of carbonyl (C=O) groups is 1. The molecule has 170 valence electrons. The molecule has 1 aromatic heterocycles. The Morgan fingerprint density at radius 2 is 1.70 bits per heavy atom. The number of sulfonamides is 1. The van der Waals surface area contributed by atoms with Crippen molar-refractivity contribution in [3.8, 4) is 5.75 Å². The van der Waals surface area contributed by atoms with Gasteiger partial charge in [0, 0.05) is 42.2 Å². The van der Waals surface area contributed by atoms with E-state index in [1.807, 2.05) is 54.7 Å². The van der Waals surface area contributed by atoms with Gasteiger partial charge >= 0.3 is 0 Å². The number of methoxy groups -OCH3 is 1. The molecule has 0 spiro atoms. The average Bonchev–Trinajstić information content (AvgIpc) is 3.23. The van der Waals surface area contributed by atoms with E-state index in [1.54, 1.807) is 19.2 Å². The fourth-order valence-electron chi connectivity index (χ4n) is 3.82. The molecule has 7 nitrogen and oxygen atoms in total. The third kappa shape index (κ3) is 5.08. The van der Waals surface area contributed by atoms with Crippen LogP contribution in [0.2, 0.25) is 0 Å². The normalized spacial score (nSPS) is 12.4. The molecule has 8 heteroatoms. The Bertz CT molecular complexity index is 1360. The molecule has 3 N–H and O–H groups in total. The summed E-state index contributed by atoms with van der Waals surface area (Å²) < 4.78 is 34.0. The zero-order valence-electron chi connectivity index (χ0n) is 18.3. The van der Waals surface area contributed by atoms with Crippen molar-refractivity contribution in [3.63, 3.8) is 0 Å². The van der Waals surface area contributed by atoms with E-state index in [2.05, 4.69) is 15.0 Å². The van der Waals surface area contributed by atoms with Gasteiger partial charge in [0.1, 0.15) is 5.75 Å². The van der Waals surface area contributed by atoms with E-state index >= 15 is 0 Å². The Morgan fingerprint density at radius 1 is 1.00 bits per heavy atom. The number of hydrogen-bond donors (Lipinski definition) is 3. The Morgan fingerprint density at radius 3 is 2.36 bits per heavy atom. The highest BCUT2D eigenvalue weighted by molar-refractivity contribution is 7.89. The number of hydrogen-bond acceptors (Lipinski definition) is 4. The number of ether oxygens (including phenoxy) is 1. The van der Waals surface area contributed by atoms with Gasteiger partial charge in [-0.25, -0.2) is 13.1 Å². The quantitative estimate of drug-likeness (QED) is 0.364. The van der Waals surface area contributed by atoms with Gasteiger partial charge in [0.25, 0.3) is 0 Å². The Kier molecular flexibility index (Phi) is 6.48. The van der Waals surface area contributed by atoms with Gasteiger partial charge in [0.2, 0.25) is 15.9 Å². The first-order valence-corrected chi connectivity index (χ1v) is 11.9. The van der Waals surface area contributed by atoms with Crippen LogP contribution in [0.15, 0.2) is 83.9 Å². The van der Waals surface area contributed by atoms with Gasteiger partial charge in [-0.2, -0.15) is 0 Å². The van der Waals surface area contributed by atoms with Crippen LogP contribution in [0.1, 0.15) is 24.0 Å². The molecule has 0 fully saturated rings. The van der Waals surface area contributed by atoms with E-state index in [0.717, 1.165) is 27.8 Å². The van der Waals surface area contributed by atoms with Crippen LogP contribution >= 0.6 is 0 Å². The molecule has 0 aliphatic carbocycles. The van der Waals surface area contributed by atoms with Gasteiger partial charge in [-0.05, 0) is 53.6 Å². The molecule has 1 amide bonds. The predicted molar refractivity (Wildman–Crippen MR) is 129 cm³/mol. The molecule has 1 heterocycles. The van der Waals surface area contributed by atoms with E-state index < -0.39 is 10.0 Å². The average molecular weight is 464 g/mol. The summed E-state index contributed by atoms with van der Waals surface area (Å²) in [6.07, 6.45) is 1.93. The second-order valence-electron chi connectivity index (χ2n) is 7.67. The molecule has 4 aromatic rings. The fraction of sp³-hybridized carbons (Fsp3) is 0.160. The Balaban J connectivity index is 1.63. The predicted octanol–water partition coefficient (Wildman–Crippen LogP) is 4.25. The summed E-state index contributed by atoms with van der Waals surface area (Å²) in [5.74, 6) is 0.293. The minimum Gasteiger partial charge on any atom is -0.497 e. The summed E-state index contributed by atoms with van der Waals surface area (Å²) in [6, 6.07) is 21.6.